The molecule has 7 heteroatoms. The van der Waals surface area contributed by atoms with Crippen molar-refractivity contribution in [3.8, 4) is 5.88 Å². The summed E-state index contributed by atoms with van der Waals surface area (Å²) in [5.41, 5.74) is -0.0440. The van der Waals surface area contributed by atoms with Crippen LogP contribution in [0.5, 0.6) is 5.88 Å². The second-order valence-electron chi connectivity index (χ2n) is 4.62. The Hall–Kier alpha value is -1.89. The highest BCUT2D eigenvalue weighted by molar-refractivity contribution is 5.57. The summed E-state index contributed by atoms with van der Waals surface area (Å²) in [6.07, 6.45) is 0.864. The minimum atomic E-state index is -0.451. The van der Waals surface area contributed by atoms with Crippen molar-refractivity contribution in [2.45, 2.75) is 19.4 Å². The molecule has 1 aromatic heterocycles. The van der Waals surface area contributed by atoms with Crippen LogP contribution in [0, 0.1) is 10.1 Å². The molecule has 0 aliphatic rings. The first-order valence-corrected chi connectivity index (χ1v) is 6.04. The van der Waals surface area contributed by atoms with Crippen molar-refractivity contribution in [3.05, 3.63) is 22.2 Å². The van der Waals surface area contributed by atoms with Crippen molar-refractivity contribution in [3.63, 3.8) is 0 Å². The normalized spacial score (nSPS) is 12.3. The molecule has 1 aromatic rings. The van der Waals surface area contributed by atoms with Crippen molar-refractivity contribution < 1.29 is 9.66 Å². The van der Waals surface area contributed by atoms with Crippen molar-refractivity contribution in [2.24, 2.45) is 0 Å². The van der Waals surface area contributed by atoms with Crippen molar-refractivity contribution >= 4 is 11.5 Å². The molecule has 1 unspecified atom stereocenters. The molecule has 0 spiro atoms. The van der Waals surface area contributed by atoms with Crippen molar-refractivity contribution in [2.75, 3.05) is 33.1 Å². The van der Waals surface area contributed by atoms with Gasteiger partial charge < -0.3 is 15.0 Å². The zero-order valence-corrected chi connectivity index (χ0v) is 11.7. The monoisotopic (exact) mass is 268 g/mol. The summed E-state index contributed by atoms with van der Waals surface area (Å²) < 4.78 is 4.99. The van der Waals surface area contributed by atoms with E-state index < -0.39 is 4.92 Å². The summed E-state index contributed by atoms with van der Waals surface area (Å²) in [7, 11) is 5.45. The number of anilines is 1. The third-order valence-corrected chi connectivity index (χ3v) is 2.65. The lowest BCUT2D eigenvalue weighted by Crippen LogP contribution is -2.23. The fourth-order valence-electron chi connectivity index (χ4n) is 1.56. The summed E-state index contributed by atoms with van der Waals surface area (Å²) in [4.78, 5) is 16.6. The molecule has 1 atom stereocenters. The molecule has 0 aliphatic heterocycles. The smallest absolute Gasteiger partial charge is 0.311 e. The van der Waals surface area contributed by atoms with E-state index in [1.807, 2.05) is 21.0 Å². The van der Waals surface area contributed by atoms with Crippen LogP contribution in [0.15, 0.2) is 12.1 Å². The first-order valence-electron chi connectivity index (χ1n) is 6.04. The van der Waals surface area contributed by atoms with Crippen LogP contribution in [0.25, 0.3) is 0 Å². The van der Waals surface area contributed by atoms with Crippen LogP contribution in [0.2, 0.25) is 0 Å². The maximum Gasteiger partial charge on any atom is 0.311 e. The lowest BCUT2D eigenvalue weighted by molar-refractivity contribution is -0.384. The predicted octanol–water partition coefficient (Wildman–Crippen LogP) is 1.75. The van der Waals surface area contributed by atoms with Crippen LogP contribution in [-0.2, 0) is 0 Å². The van der Waals surface area contributed by atoms with E-state index in [1.165, 1.54) is 19.2 Å². The largest absolute Gasteiger partial charge is 0.481 e. The van der Waals surface area contributed by atoms with Crippen LogP contribution in [0.1, 0.15) is 13.3 Å². The van der Waals surface area contributed by atoms with Gasteiger partial charge >= 0.3 is 5.69 Å². The zero-order valence-electron chi connectivity index (χ0n) is 11.7. The molecule has 19 heavy (non-hydrogen) atoms. The number of ether oxygens (including phenoxy) is 1. The SMILES string of the molecule is COc1ccc([N+](=O)[O-])c(NC(C)CCN(C)C)n1. The lowest BCUT2D eigenvalue weighted by atomic mass is 10.2. The van der Waals surface area contributed by atoms with Gasteiger partial charge in [0.25, 0.3) is 0 Å². The Morgan fingerprint density at radius 2 is 2.21 bits per heavy atom. The summed E-state index contributed by atoms with van der Waals surface area (Å²) in [5, 5.41) is 14.0. The molecule has 0 bridgehead atoms. The van der Waals surface area contributed by atoms with Gasteiger partial charge in [0.2, 0.25) is 11.7 Å². The van der Waals surface area contributed by atoms with Gasteiger partial charge in [0.15, 0.2) is 0 Å². The second kappa shape index (κ2) is 6.89. The summed E-state index contributed by atoms with van der Waals surface area (Å²) in [6, 6.07) is 2.96. The molecule has 0 fully saturated rings. The Morgan fingerprint density at radius 1 is 1.53 bits per heavy atom. The summed E-state index contributed by atoms with van der Waals surface area (Å²) >= 11 is 0. The number of nitro groups is 1. The molecule has 0 saturated heterocycles. The van der Waals surface area contributed by atoms with Crippen molar-refractivity contribution in [1.29, 1.82) is 0 Å². The maximum absolute atomic E-state index is 10.9. The number of methoxy groups -OCH3 is 1. The fourth-order valence-corrected chi connectivity index (χ4v) is 1.56. The second-order valence-corrected chi connectivity index (χ2v) is 4.62. The van der Waals surface area contributed by atoms with E-state index in [9.17, 15) is 10.1 Å². The highest BCUT2D eigenvalue weighted by Gasteiger charge is 2.18. The Balaban J connectivity index is 2.82. The molecule has 7 nitrogen and oxygen atoms in total. The molecular weight excluding hydrogens is 248 g/mol. The van der Waals surface area contributed by atoms with Gasteiger partial charge in [-0.05, 0) is 34.0 Å². The topological polar surface area (TPSA) is 80.5 Å². The molecular formula is C12H20N4O3. The molecule has 0 saturated carbocycles. The van der Waals surface area contributed by atoms with Gasteiger partial charge in [-0.2, -0.15) is 4.98 Å². The highest BCUT2D eigenvalue weighted by Crippen LogP contribution is 2.25. The van der Waals surface area contributed by atoms with E-state index in [2.05, 4.69) is 15.2 Å². The molecule has 106 valence electrons. The van der Waals surface area contributed by atoms with E-state index in [-0.39, 0.29) is 17.5 Å². The van der Waals surface area contributed by atoms with Crippen LogP contribution in [-0.4, -0.2) is 48.6 Å². The molecule has 0 aromatic carbocycles. The zero-order chi connectivity index (χ0) is 14.4. The maximum atomic E-state index is 10.9. The Bertz CT molecular complexity index is 437. The average Bonchev–Trinajstić information content (AvgIpc) is 2.35. The minimum Gasteiger partial charge on any atom is -0.481 e. The van der Waals surface area contributed by atoms with Gasteiger partial charge in [0.05, 0.1) is 12.0 Å². The van der Waals surface area contributed by atoms with E-state index in [0.717, 1.165) is 13.0 Å². The number of rotatable bonds is 7. The molecule has 0 aliphatic carbocycles. The number of hydrogen-bond donors (Lipinski definition) is 1. The van der Waals surface area contributed by atoms with Crippen LogP contribution in [0.4, 0.5) is 11.5 Å². The highest BCUT2D eigenvalue weighted by atomic mass is 16.6. The van der Waals surface area contributed by atoms with Gasteiger partial charge in [-0.3, -0.25) is 10.1 Å². The van der Waals surface area contributed by atoms with Gasteiger partial charge in [-0.1, -0.05) is 0 Å². The summed E-state index contributed by atoms with van der Waals surface area (Å²) in [5.74, 6) is 0.600. The Morgan fingerprint density at radius 3 is 2.74 bits per heavy atom. The molecule has 0 radical (unpaired) electrons. The Labute approximate surface area is 112 Å². The molecule has 0 amide bonds. The van der Waals surface area contributed by atoms with E-state index in [4.69, 9.17) is 4.74 Å². The van der Waals surface area contributed by atoms with E-state index >= 15 is 0 Å². The first kappa shape index (κ1) is 15.2. The van der Waals surface area contributed by atoms with E-state index in [0.29, 0.717) is 5.88 Å². The summed E-state index contributed by atoms with van der Waals surface area (Å²) in [6.45, 7) is 2.86. The van der Waals surface area contributed by atoms with Gasteiger partial charge in [0.1, 0.15) is 0 Å². The predicted molar refractivity (Wildman–Crippen MR) is 73.7 cm³/mol. The van der Waals surface area contributed by atoms with Crippen LogP contribution < -0.4 is 10.1 Å². The Kier molecular flexibility index (Phi) is 5.50. The number of aromatic nitrogens is 1. The van der Waals surface area contributed by atoms with Gasteiger partial charge in [-0.25, -0.2) is 0 Å². The minimum absolute atomic E-state index is 0.0440. The van der Waals surface area contributed by atoms with Gasteiger partial charge in [0, 0.05) is 18.2 Å². The quantitative estimate of drug-likeness (QED) is 0.599. The first-order chi connectivity index (χ1) is 8.93. The third kappa shape index (κ3) is 4.70. The van der Waals surface area contributed by atoms with Crippen molar-refractivity contribution in [1.82, 2.24) is 9.88 Å². The lowest BCUT2D eigenvalue weighted by Gasteiger charge is -2.17. The standard InChI is InChI=1S/C12H20N4O3/c1-9(7-8-15(2)3)13-12-10(16(17)18)5-6-11(14-12)19-4/h5-6,9H,7-8H2,1-4H3,(H,13,14). The number of nitrogens with one attached hydrogen (secondary N) is 1. The molecule has 1 N–H and O–H groups in total. The fraction of sp³-hybridized carbons (Fsp3) is 0.583. The van der Waals surface area contributed by atoms with Crippen LogP contribution >= 0.6 is 0 Å². The molecule has 1 rings (SSSR count). The third-order valence-electron chi connectivity index (χ3n) is 2.65. The average molecular weight is 268 g/mol. The van der Waals surface area contributed by atoms with Crippen LogP contribution in [0.3, 0.4) is 0 Å². The number of pyridine rings is 1. The number of nitrogens with zero attached hydrogens (tertiary/aromatic N) is 3. The van der Waals surface area contributed by atoms with Gasteiger partial charge in [-0.15, -0.1) is 0 Å². The molecule has 1 heterocycles. The van der Waals surface area contributed by atoms with E-state index in [1.54, 1.807) is 0 Å². The number of hydrogen-bond acceptors (Lipinski definition) is 6.